The maximum absolute atomic E-state index is 12.8. The molecule has 0 aliphatic rings. The number of nitrogens with zero attached hydrogens (tertiary/aromatic N) is 3. The number of aromatic nitrogens is 2. The van der Waals surface area contributed by atoms with Crippen LogP contribution in [0.2, 0.25) is 0 Å². The lowest BCUT2D eigenvalue weighted by Crippen LogP contribution is -2.27. The molecule has 0 spiro atoms. The van der Waals surface area contributed by atoms with Crippen LogP contribution in [-0.2, 0) is 23.1 Å². The van der Waals surface area contributed by atoms with E-state index < -0.39 is 10.0 Å². The van der Waals surface area contributed by atoms with Crippen LogP contribution in [0.25, 0.3) is 0 Å². The van der Waals surface area contributed by atoms with Crippen LogP contribution in [0.3, 0.4) is 0 Å². The first-order valence-corrected chi connectivity index (χ1v) is 9.32. The molecule has 8 heteroatoms. The van der Waals surface area contributed by atoms with Crippen LogP contribution in [0, 0.1) is 13.8 Å². The molecule has 0 amide bonds. The fourth-order valence-corrected chi connectivity index (χ4v) is 4.73. The van der Waals surface area contributed by atoms with Gasteiger partial charge in [0.25, 0.3) is 0 Å². The van der Waals surface area contributed by atoms with Crippen LogP contribution in [-0.4, -0.2) is 35.4 Å². The summed E-state index contributed by atoms with van der Waals surface area (Å²) in [5.41, 5.74) is 1.14. The Morgan fingerprint density at radius 3 is 2.71 bits per heavy atom. The second-order valence-corrected chi connectivity index (χ2v) is 8.14. The molecular formula is C13H18ClN3O2S2. The third kappa shape index (κ3) is 3.31. The van der Waals surface area contributed by atoms with Crippen LogP contribution in [0.1, 0.15) is 16.3 Å². The molecule has 21 heavy (non-hydrogen) atoms. The predicted octanol–water partition coefficient (Wildman–Crippen LogP) is 2.62. The quantitative estimate of drug-likeness (QED) is 0.755. The van der Waals surface area contributed by atoms with E-state index in [-0.39, 0.29) is 4.90 Å². The van der Waals surface area contributed by atoms with E-state index in [1.54, 1.807) is 25.6 Å². The van der Waals surface area contributed by atoms with Gasteiger partial charge in [-0.2, -0.15) is 9.40 Å². The second kappa shape index (κ2) is 6.48. The summed E-state index contributed by atoms with van der Waals surface area (Å²) in [6.45, 7) is 4.33. The largest absolute Gasteiger partial charge is 0.267 e. The zero-order chi connectivity index (χ0) is 15.6. The normalized spacial score (nSPS) is 12.2. The zero-order valence-corrected chi connectivity index (χ0v) is 14.6. The van der Waals surface area contributed by atoms with Crippen molar-refractivity contribution in [2.24, 2.45) is 0 Å². The summed E-state index contributed by atoms with van der Waals surface area (Å²) < 4.78 is 28.5. The first kappa shape index (κ1) is 16.5. The van der Waals surface area contributed by atoms with Crippen molar-refractivity contribution in [1.82, 2.24) is 14.1 Å². The van der Waals surface area contributed by atoms with Gasteiger partial charge >= 0.3 is 0 Å². The van der Waals surface area contributed by atoms with Crippen molar-refractivity contribution < 1.29 is 8.42 Å². The molecule has 2 aromatic rings. The van der Waals surface area contributed by atoms with Crippen LogP contribution in [0.15, 0.2) is 22.4 Å². The molecule has 0 N–H and O–H groups in total. The van der Waals surface area contributed by atoms with E-state index in [0.717, 1.165) is 4.88 Å². The van der Waals surface area contributed by atoms with Gasteiger partial charge in [-0.1, -0.05) is 6.07 Å². The van der Waals surface area contributed by atoms with Gasteiger partial charge in [-0.3, -0.25) is 4.68 Å². The van der Waals surface area contributed by atoms with Crippen molar-refractivity contribution in [2.75, 3.05) is 12.9 Å². The van der Waals surface area contributed by atoms with E-state index >= 15 is 0 Å². The van der Waals surface area contributed by atoms with E-state index in [1.807, 2.05) is 17.5 Å². The van der Waals surface area contributed by atoms with Crippen molar-refractivity contribution in [3.63, 3.8) is 0 Å². The highest BCUT2D eigenvalue weighted by molar-refractivity contribution is 7.89. The SMILES string of the molecule is Cc1nn(CCCl)c(C)c1S(=O)(=O)N(C)Cc1cccs1. The Bertz CT molecular complexity index is 708. The Morgan fingerprint density at radius 1 is 1.43 bits per heavy atom. The van der Waals surface area contributed by atoms with Gasteiger partial charge in [0, 0.05) is 24.3 Å². The zero-order valence-electron chi connectivity index (χ0n) is 12.2. The third-order valence-electron chi connectivity index (χ3n) is 3.24. The molecule has 0 atom stereocenters. The maximum atomic E-state index is 12.8. The van der Waals surface area contributed by atoms with Crippen molar-refractivity contribution in [3.05, 3.63) is 33.8 Å². The van der Waals surface area contributed by atoms with Gasteiger partial charge in [0.15, 0.2) is 0 Å². The number of hydrogen-bond acceptors (Lipinski definition) is 4. The van der Waals surface area contributed by atoms with Crippen LogP contribution >= 0.6 is 22.9 Å². The van der Waals surface area contributed by atoms with Crippen LogP contribution in [0.4, 0.5) is 0 Å². The minimum Gasteiger partial charge on any atom is -0.267 e. The molecular weight excluding hydrogens is 330 g/mol. The highest BCUT2D eigenvalue weighted by Crippen LogP contribution is 2.24. The molecule has 0 saturated heterocycles. The fourth-order valence-electron chi connectivity index (χ4n) is 2.21. The minimum atomic E-state index is -3.56. The minimum absolute atomic E-state index is 0.284. The van der Waals surface area contributed by atoms with Gasteiger partial charge in [-0.25, -0.2) is 8.42 Å². The molecule has 0 radical (unpaired) electrons. The van der Waals surface area contributed by atoms with Gasteiger partial charge in [0.05, 0.1) is 17.9 Å². The molecule has 0 aliphatic heterocycles. The summed E-state index contributed by atoms with van der Waals surface area (Å²) >= 11 is 7.26. The standard InChI is InChI=1S/C13H18ClN3O2S2/c1-10-13(11(2)17(15-10)7-6-14)21(18,19)16(3)9-12-5-4-8-20-12/h4-5,8H,6-7,9H2,1-3H3. The molecule has 116 valence electrons. The predicted molar refractivity (Wildman–Crippen MR) is 85.4 cm³/mol. The molecule has 0 fully saturated rings. The Hall–Kier alpha value is -0.890. The molecule has 5 nitrogen and oxygen atoms in total. The molecule has 0 bridgehead atoms. The van der Waals surface area contributed by atoms with E-state index in [2.05, 4.69) is 5.10 Å². The van der Waals surface area contributed by atoms with Gasteiger partial charge in [-0.05, 0) is 25.3 Å². The number of rotatable bonds is 6. The Morgan fingerprint density at radius 2 is 2.14 bits per heavy atom. The summed E-state index contributed by atoms with van der Waals surface area (Å²) in [6.07, 6.45) is 0. The third-order valence-corrected chi connectivity index (χ3v) is 6.32. The summed E-state index contributed by atoms with van der Waals surface area (Å²) in [5, 5.41) is 6.21. The molecule has 0 aromatic carbocycles. The molecule has 0 saturated carbocycles. The van der Waals surface area contributed by atoms with Crippen molar-refractivity contribution in [3.8, 4) is 0 Å². The van der Waals surface area contributed by atoms with Crippen molar-refractivity contribution in [2.45, 2.75) is 31.8 Å². The summed E-state index contributed by atoms with van der Waals surface area (Å²) in [4.78, 5) is 1.29. The van der Waals surface area contributed by atoms with Gasteiger partial charge in [-0.15, -0.1) is 22.9 Å². The first-order valence-electron chi connectivity index (χ1n) is 6.46. The van der Waals surface area contributed by atoms with E-state index in [1.165, 1.54) is 15.6 Å². The van der Waals surface area contributed by atoms with Crippen molar-refractivity contribution >= 4 is 33.0 Å². The first-order chi connectivity index (χ1) is 9.87. The Kier molecular flexibility index (Phi) is 5.08. The molecule has 2 rings (SSSR count). The van der Waals surface area contributed by atoms with E-state index in [0.29, 0.717) is 30.4 Å². The van der Waals surface area contributed by atoms with Gasteiger partial charge in [0.1, 0.15) is 4.90 Å². The molecule has 0 unspecified atom stereocenters. The number of hydrogen-bond donors (Lipinski definition) is 0. The molecule has 2 heterocycles. The molecule has 2 aromatic heterocycles. The van der Waals surface area contributed by atoms with Crippen LogP contribution in [0.5, 0.6) is 0 Å². The summed E-state index contributed by atoms with van der Waals surface area (Å²) in [6, 6.07) is 3.84. The Labute approximate surface area is 134 Å². The van der Waals surface area contributed by atoms with Crippen LogP contribution < -0.4 is 0 Å². The van der Waals surface area contributed by atoms with Gasteiger partial charge < -0.3 is 0 Å². The smallest absolute Gasteiger partial charge is 0.246 e. The topological polar surface area (TPSA) is 55.2 Å². The highest BCUT2D eigenvalue weighted by Gasteiger charge is 2.28. The maximum Gasteiger partial charge on any atom is 0.246 e. The number of thiophene rings is 1. The summed E-state index contributed by atoms with van der Waals surface area (Å²) in [7, 11) is -1.97. The van der Waals surface area contributed by atoms with Crippen molar-refractivity contribution in [1.29, 1.82) is 0 Å². The number of sulfonamides is 1. The van der Waals surface area contributed by atoms with Gasteiger partial charge in [0.2, 0.25) is 10.0 Å². The lowest BCUT2D eigenvalue weighted by Gasteiger charge is -2.16. The Balaban J connectivity index is 2.35. The number of halogens is 1. The second-order valence-electron chi connectivity index (χ2n) is 4.75. The lowest BCUT2D eigenvalue weighted by atomic mass is 10.4. The van der Waals surface area contributed by atoms with E-state index in [4.69, 9.17) is 11.6 Å². The average Bonchev–Trinajstić information content (AvgIpc) is 2.99. The molecule has 0 aliphatic carbocycles. The average molecular weight is 348 g/mol. The highest BCUT2D eigenvalue weighted by atomic mass is 35.5. The van der Waals surface area contributed by atoms with E-state index in [9.17, 15) is 8.42 Å². The fraction of sp³-hybridized carbons (Fsp3) is 0.462. The monoisotopic (exact) mass is 347 g/mol. The lowest BCUT2D eigenvalue weighted by molar-refractivity contribution is 0.468. The summed E-state index contributed by atoms with van der Waals surface area (Å²) in [5.74, 6) is 0.395. The number of alkyl halides is 1. The number of aryl methyl sites for hydroxylation is 2.